The summed E-state index contributed by atoms with van der Waals surface area (Å²) in [4.78, 5) is 4.26. The third-order valence-corrected chi connectivity index (χ3v) is 3.30. The number of phenolic OH excluding ortho intramolecular Hbond substituents is 1. The summed E-state index contributed by atoms with van der Waals surface area (Å²) in [6, 6.07) is 7.18. The number of hydrogen-bond donors (Lipinski definition) is 1. The molecule has 3 rings (SSSR count). The highest BCUT2D eigenvalue weighted by Gasteiger charge is 2.12. The lowest BCUT2D eigenvalue weighted by Gasteiger charge is -2.01. The van der Waals surface area contributed by atoms with Crippen LogP contribution in [0.15, 0.2) is 24.3 Å². The summed E-state index contributed by atoms with van der Waals surface area (Å²) in [6.45, 7) is 1.94. The fourth-order valence-electron chi connectivity index (χ4n) is 2.41. The summed E-state index contributed by atoms with van der Waals surface area (Å²) in [6.07, 6.45) is 0. The average Bonchev–Trinajstić information content (AvgIpc) is 2.52. The number of hydrogen-bond acceptors (Lipinski definition) is 2. The molecule has 0 fully saturated rings. The van der Waals surface area contributed by atoms with E-state index < -0.39 is 0 Å². The minimum absolute atomic E-state index is 0.260. The van der Waals surface area contributed by atoms with Crippen molar-refractivity contribution in [3.8, 4) is 5.75 Å². The topological polar surface area (TPSA) is 38.1 Å². The van der Waals surface area contributed by atoms with Crippen LogP contribution in [0.25, 0.3) is 21.8 Å². The zero-order chi connectivity index (χ0) is 12.2. The third kappa shape index (κ3) is 1.39. The second-order valence-electron chi connectivity index (χ2n) is 4.19. The van der Waals surface area contributed by atoms with Crippen molar-refractivity contribution in [2.45, 2.75) is 6.92 Å². The molecule has 2 heterocycles. The highest BCUT2D eigenvalue weighted by Crippen LogP contribution is 2.32. The Morgan fingerprint density at radius 3 is 2.76 bits per heavy atom. The van der Waals surface area contributed by atoms with Crippen molar-refractivity contribution >= 4 is 33.4 Å². The predicted octanol–water partition coefficient (Wildman–Crippen LogP) is 3.39. The molecule has 1 N–H and O–H groups in total. The van der Waals surface area contributed by atoms with Crippen molar-refractivity contribution in [3.05, 3.63) is 35.1 Å². The Morgan fingerprint density at radius 2 is 2.00 bits per heavy atom. The Bertz CT molecular complexity index is 746. The van der Waals surface area contributed by atoms with Gasteiger partial charge in [-0.25, -0.2) is 4.98 Å². The molecular weight excluding hydrogens is 236 g/mol. The molecule has 0 radical (unpaired) electrons. The molecule has 3 nitrogen and oxygen atoms in total. The molecule has 86 valence electrons. The van der Waals surface area contributed by atoms with Crippen LogP contribution >= 0.6 is 11.6 Å². The van der Waals surface area contributed by atoms with Crippen LogP contribution < -0.4 is 0 Å². The molecule has 0 atom stereocenters. The number of aromatic nitrogens is 2. The summed E-state index contributed by atoms with van der Waals surface area (Å²) < 4.78 is 2.07. The van der Waals surface area contributed by atoms with E-state index in [1.807, 2.05) is 26.1 Å². The molecular formula is C13H11ClN2O. The number of pyridine rings is 1. The quantitative estimate of drug-likeness (QED) is 0.618. The molecule has 0 amide bonds. The van der Waals surface area contributed by atoms with E-state index >= 15 is 0 Å². The molecule has 0 spiro atoms. The average molecular weight is 247 g/mol. The van der Waals surface area contributed by atoms with Crippen LogP contribution in [0.2, 0.25) is 5.15 Å². The lowest BCUT2D eigenvalue weighted by Crippen LogP contribution is -1.91. The summed E-state index contributed by atoms with van der Waals surface area (Å²) in [5.41, 5.74) is 3.01. The summed E-state index contributed by atoms with van der Waals surface area (Å²) in [7, 11) is 1.99. The van der Waals surface area contributed by atoms with Crippen molar-refractivity contribution in [1.29, 1.82) is 0 Å². The minimum Gasteiger partial charge on any atom is -0.508 e. The van der Waals surface area contributed by atoms with E-state index in [1.54, 1.807) is 12.1 Å². The van der Waals surface area contributed by atoms with Gasteiger partial charge in [0.05, 0.1) is 11.2 Å². The van der Waals surface area contributed by atoms with E-state index in [2.05, 4.69) is 9.55 Å². The molecule has 3 aromatic rings. The highest BCUT2D eigenvalue weighted by atomic mass is 35.5. The van der Waals surface area contributed by atoms with Gasteiger partial charge in [-0.2, -0.15) is 0 Å². The Labute approximate surface area is 103 Å². The molecule has 0 saturated heterocycles. The lowest BCUT2D eigenvalue weighted by atomic mass is 10.1. The van der Waals surface area contributed by atoms with E-state index in [0.29, 0.717) is 5.15 Å². The highest BCUT2D eigenvalue weighted by molar-refractivity contribution is 6.30. The summed E-state index contributed by atoms with van der Waals surface area (Å²) in [5.74, 6) is 0.260. The molecule has 2 aromatic heterocycles. The summed E-state index contributed by atoms with van der Waals surface area (Å²) >= 11 is 5.99. The van der Waals surface area contributed by atoms with Crippen LogP contribution in [0.4, 0.5) is 0 Å². The second-order valence-corrected chi connectivity index (χ2v) is 4.57. The van der Waals surface area contributed by atoms with Crippen molar-refractivity contribution in [1.82, 2.24) is 9.55 Å². The fraction of sp³-hybridized carbons (Fsp3) is 0.154. The first-order valence-electron chi connectivity index (χ1n) is 5.32. The second kappa shape index (κ2) is 3.37. The van der Waals surface area contributed by atoms with Crippen LogP contribution in [0.5, 0.6) is 5.75 Å². The SMILES string of the molecule is Cc1nc(Cl)cc2c3cc(O)ccc3n(C)c12. The molecule has 0 unspecified atom stereocenters. The van der Waals surface area contributed by atoms with Crippen molar-refractivity contribution in [2.24, 2.45) is 7.05 Å². The number of phenols is 1. The minimum atomic E-state index is 0.260. The molecule has 0 bridgehead atoms. The molecule has 17 heavy (non-hydrogen) atoms. The van der Waals surface area contributed by atoms with Gasteiger partial charge in [-0.15, -0.1) is 0 Å². The number of aryl methyl sites for hydroxylation is 2. The Hall–Kier alpha value is -1.74. The first-order valence-corrected chi connectivity index (χ1v) is 5.70. The van der Waals surface area contributed by atoms with Crippen molar-refractivity contribution in [3.63, 3.8) is 0 Å². The van der Waals surface area contributed by atoms with Gasteiger partial charge < -0.3 is 9.67 Å². The van der Waals surface area contributed by atoms with Crippen LogP contribution in [-0.2, 0) is 7.05 Å². The van der Waals surface area contributed by atoms with E-state index in [0.717, 1.165) is 27.5 Å². The van der Waals surface area contributed by atoms with Gasteiger partial charge in [-0.05, 0) is 31.2 Å². The van der Waals surface area contributed by atoms with Crippen LogP contribution in [0.1, 0.15) is 5.69 Å². The molecule has 0 aliphatic heterocycles. The van der Waals surface area contributed by atoms with Crippen molar-refractivity contribution < 1.29 is 5.11 Å². The van der Waals surface area contributed by atoms with E-state index in [1.165, 1.54) is 0 Å². The number of benzene rings is 1. The largest absolute Gasteiger partial charge is 0.508 e. The maximum atomic E-state index is 9.58. The molecule has 1 aromatic carbocycles. The van der Waals surface area contributed by atoms with Gasteiger partial charge in [0.25, 0.3) is 0 Å². The van der Waals surface area contributed by atoms with E-state index in [-0.39, 0.29) is 5.75 Å². The molecule has 0 aliphatic rings. The van der Waals surface area contributed by atoms with Crippen LogP contribution in [0, 0.1) is 6.92 Å². The van der Waals surface area contributed by atoms with E-state index in [4.69, 9.17) is 11.6 Å². The Balaban J connectivity index is 2.64. The number of rotatable bonds is 0. The zero-order valence-corrected chi connectivity index (χ0v) is 10.3. The first-order chi connectivity index (χ1) is 8.08. The number of fused-ring (bicyclic) bond motifs is 3. The van der Waals surface area contributed by atoms with Crippen LogP contribution in [-0.4, -0.2) is 14.7 Å². The fourth-order valence-corrected chi connectivity index (χ4v) is 2.65. The monoisotopic (exact) mass is 246 g/mol. The Morgan fingerprint density at radius 1 is 1.24 bits per heavy atom. The van der Waals surface area contributed by atoms with Crippen molar-refractivity contribution in [2.75, 3.05) is 0 Å². The normalized spacial score (nSPS) is 11.5. The number of nitrogens with zero attached hydrogens (tertiary/aromatic N) is 2. The van der Waals surface area contributed by atoms with E-state index in [9.17, 15) is 5.11 Å². The first kappa shape index (κ1) is 10.4. The maximum absolute atomic E-state index is 9.58. The number of aromatic hydroxyl groups is 1. The van der Waals surface area contributed by atoms with Crippen LogP contribution in [0.3, 0.4) is 0 Å². The van der Waals surface area contributed by atoms with Gasteiger partial charge in [-0.1, -0.05) is 11.6 Å². The molecule has 0 aliphatic carbocycles. The molecule has 4 heteroatoms. The standard InChI is InChI=1S/C13H11ClN2O/c1-7-13-10(6-12(14)15-7)9-5-8(17)3-4-11(9)16(13)2/h3-6,17H,1-2H3. The van der Waals surface area contributed by atoms with Gasteiger partial charge in [0.1, 0.15) is 10.9 Å². The number of halogens is 1. The zero-order valence-electron chi connectivity index (χ0n) is 9.53. The molecule has 0 saturated carbocycles. The van der Waals surface area contributed by atoms with Gasteiger partial charge in [-0.3, -0.25) is 0 Å². The lowest BCUT2D eigenvalue weighted by molar-refractivity contribution is 0.476. The van der Waals surface area contributed by atoms with Gasteiger partial charge in [0, 0.05) is 23.3 Å². The van der Waals surface area contributed by atoms with Gasteiger partial charge in [0.2, 0.25) is 0 Å². The Kier molecular flexibility index (Phi) is 2.07. The maximum Gasteiger partial charge on any atom is 0.130 e. The van der Waals surface area contributed by atoms with Gasteiger partial charge in [0.15, 0.2) is 0 Å². The summed E-state index contributed by atoms with van der Waals surface area (Å²) in [5, 5.41) is 12.1. The third-order valence-electron chi connectivity index (χ3n) is 3.10. The predicted molar refractivity (Wildman–Crippen MR) is 69.6 cm³/mol. The van der Waals surface area contributed by atoms with Gasteiger partial charge >= 0.3 is 0 Å². The smallest absolute Gasteiger partial charge is 0.130 e.